The maximum Gasteiger partial charge on any atom is 0.0526 e. The third-order valence-electron chi connectivity index (χ3n) is 2.20. The summed E-state index contributed by atoms with van der Waals surface area (Å²) in [5.41, 5.74) is 0. The molecule has 3 heteroatoms. The zero-order valence-corrected chi connectivity index (χ0v) is 8.42. The van der Waals surface area contributed by atoms with Gasteiger partial charge in [-0.05, 0) is 19.8 Å². The molecule has 0 aliphatic carbocycles. The van der Waals surface area contributed by atoms with Crippen LogP contribution in [-0.2, 0) is 0 Å². The SMILES string of the molecule is CCCCCN(N=O)C(C)CC. The maximum absolute atomic E-state index is 10.4. The van der Waals surface area contributed by atoms with Crippen LogP contribution in [-0.4, -0.2) is 17.6 Å². The van der Waals surface area contributed by atoms with E-state index in [2.05, 4.69) is 19.1 Å². The van der Waals surface area contributed by atoms with Crippen LogP contribution in [0.5, 0.6) is 0 Å². The third-order valence-corrected chi connectivity index (χ3v) is 2.20. The minimum Gasteiger partial charge on any atom is -0.258 e. The fourth-order valence-electron chi connectivity index (χ4n) is 1.08. The summed E-state index contributed by atoms with van der Waals surface area (Å²) >= 11 is 0. The number of hydrogen-bond acceptors (Lipinski definition) is 2. The molecule has 0 radical (unpaired) electrons. The standard InChI is InChI=1S/C9H20N2O/c1-4-6-7-8-11(10-12)9(3)5-2/h9H,4-8H2,1-3H3. The summed E-state index contributed by atoms with van der Waals surface area (Å²) < 4.78 is 0. The van der Waals surface area contributed by atoms with Gasteiger partial charge in [-0.3, -0.25) is 5.01 Å². The molecule has 0 bridgehead atoms. The predicted molar refractivity (Wildman–Crippen MR) is 51.8 cm³/mol. The van der Waals surface area contributed by atoms with Gasteiger partial charge in [0.25, 0.3) is 0 Å². The molecule has 72 valence electrons. The Balaban J connectivity index is 3.59. The fraction of sp³-hybridized carbons (Fsp3) is 1.00. The van der Waals surface area contributed by atoms with Crippen LogP contribution >= 0.6 is 0 Å². The molecule has 3 nitrogen and oxygen atoms in total. The van der Waals surface area contributed by atoms with E-state index in [1.54, 1.807) is 5.01 Å². The van der Waals surface area contributed by atoms with Crippen LogP contribution in [0, 0.1) is 4.91 Å². The maximum atomic E-state index is 10.4. The van der Waals surface area contributed by atoms with Gasteiger partial charge in [-0.15, -0.1) is 4.91 Å². The molecule has 1 unspecified atom stereocenters. The molecule has 0 aliphatic heterocycles. The molecular formula is C9H20N2O. The molecule has 0 saturated carbocycles. The molecule has 0 aromatic rings. The normalized spacial score (nSPS) is 12.6. The van der Waals surface area contributed by atoms with Gasteiger partial charge in [0.05, 0.1) is 5.29 Å². The second-order valence-electron chi connectivity index (χ2n) is 3.21. The Morgan fingerprint density at radius 2 is 2.00 bits per heavy atom. The van der Waals surface area contributed by atoms with Crippen molar-refractivity contribution in [3.05, 3.63) is 4.91 Å². The summed E-state index contributed by atoms with van der Waals surface area (Å²) in [6.07, 6.45) is 4.43. The first-order chi connectivity index (χ1) is 5.76. The quantitative estimate of drug-likeness (QED) is 0.336. The number of unbranched alkanes of at least 4 members (excludes halogenated alkanes) is 2. The minimum absolute atomic E-state index is 0.291. The highest BCUT2D eigenvalue weighted by atomic mass is 16.3. The van der Waals surface area contributed by atoms with Gasteiger partial charge in [0.15, 0.2) is 0 Å². The largest absolute Gasteiger partial charge is 0.258 e. The van der Waals surface area contributed by atoms with Crippen molar-refractivity contribution in [1.82, 2.24) is 5.01 Å². The Kier molecular flexibility index (Phi) is 6.72. The first kappa shape index (κ1) is 11.4. The summed E-state index contributed by atoms with van der Waals surface area (Å²) in [6, 6.07) is 0.291. The lowest BCUT2D eigenvalue weighted by Gasteiger charge is -2.21. The number of hydrogen-bond donors (Lipinski definition) is 0. The van der Waals surface area contributed by atoms with Crippen molar-refractivity contribution < 1.29 is 0 Å². The molecule has 0 aromatic carbocycles. The van der Waals surface area contributed by atoms with E-state index in [0.717, 1.165) is 19.4 Å². The first-order valence-electron chi connectivity index (χ1n) is 4.86. The molecule has 0 N–H and O–H groups in total. The average Bonchev–Trinajstić information content (AvgIpc) is 2.11. The van der Waals surface area contributed by atoms with Crippen LogP contribution in [0.4, 0.5) is 0 Å². The van der Waals surface area contributed by atoms with E-state index in [1.807, 2.05) is 6.92 Å². The smallest absolute Gasteiger partial charge is 0.0526 e. The highest BCUT2D eigenvalue weighted by Crippen LogP contribution is 2.06. The van der Waals surface area contributed by atoms with Crippen molar-refractivity contribution in [2.24, 2.45) is 5.29 Å². The third kappa shape index (κ3) is 4.31. The molecule has 0 aliphatic rings. The molecule has 0 heterocycles. The molecule has 0 rings (SSSR count). The lowest BCUT2D eigenvalue weighted by atomic mass is 10.2. The van der Waals surface area contributed by atoms with Gasteiger partial charge in [-0.25, -0.2) is 0 Å². The first-order valence-corrected chi connectivity index (χ1v) is 4.86. The fourth-order valence-corrected chi connectivity index (χ4v) is 1.08. The zero-order chi connectivity index (χ0) is 9.40. The van der Waals surface area contributed by atoms with Crippen LogP contribution < -0.4 is 0 Å². The Morgan fingerprint density at radius 3 is 2.42 bits per heavy atom. The number of nitrogens with zero attached hydrogens (tertiary/aromatic N) is 2. The van der Waals surface area contributed by atoms with Gasteiger partial charge >= 0.3 is 0 Å². The average molecular weight is 172 g/mol. The Bertz CT molecular complexity index is 117. The Labute approximate surface area is 75.1 Å². The van der Waals surface area contributed by atoms with Crippen molar-refractivity contribution in [3.8, 4) is 0 Å². The predicted octanol–water partition coefficient (Wildman–Crippen LogP) is 2.96. The van der Waals surface area contributed by atoms with Gasteiger partial charge < -0.3 is 0 Å². The van der Waals surface area contributed by atoms with Crippen LogP contribution in [0.1, 0.15) is 46.5 Å². The van der Waals surface area contributed by atoms with Gasteiger partial charge in [-0.2, -0.15) is 0 Å². The summed E-state index contributed by atoms with van der Waals surface area (Å²) in [5, 5.41) is 4.66. The van der Waals surface area contributed by atoms with E-state index in [4.69, 9.17) is 0 Å². The zero-order valence-electron chi connectivity index (χ0n) is 8.42. The summed E-state index contributed by atoms with van der Waals surface area (Å²) in [4.78, 5) is 10.4. The van der Waals surface area contributed by atoms with E-state index in [0.29, 0.717) is 6.04 Å². The van der Waals surface area contributed by atoms with Crippen LogP contribution in [0.25, 0.3) is 0 Å². The Hall–Kier alpha value is -0.600. The molecule has 0 amide bonds. The lowest BCUT2D eigenvalue weighted by molar-refractivity contribution is 0.205. The van der Waals surface area contributed by atoms with Crippen molar-refractivity contribution in [2.45, 2.75) is 52.5 Å². The van der Waals surface area contributed by atoms with E-state index >= 15 is 0 Å². The highest BCUT2D eigenvalue weighted by Gasteiger charge is 2.09. The summed E-state index contributed by atoms with van der Waals surface area (Å²) in [7, 11) is 0. The molecule has 0 saturated heterocycles. The van der Waals surface area contributed by atoms with Crippen molar-refractivity contribution in [3.63, 3.8) is 0 Å². The van der Waals surface area contributed by atoms with Crippen molar-refractivity contribution >= 4 is 0 Å². The topological polar surface area (TPSA) is 32.7 Å². The van der Waals surface area contributed by atoms with Crippen LogP contribution in [0.2, 0.25) is 0 Å². The Morgan fingerprint density at radius 1 is 1.33 bits per heavy atom. The highest BCUT2D eigenvalue weighted by molar-refractivity contribution is 4.60. The van der Waals surface area contributed by atoms with Gasteiger partial charge in [0.1, 0.15) is 0 Å². The van der Waals surface area contributed by atoms with Gasteiger partial charge in [0, 0.05) is 12.6 Å². The summed E-state index contributed by atoms with van der Waals surface area (Å²) in [5.74, 6) is 0. The van der Waals surface area contributed by atoms with Crippen molar-refractivity contribution in [2.75, 3.05) is 6.54 Å². The molecule has 1 atom stereocenters. The van der Waals surface area contributed by atoms with Gasteiger partial charge in [-0.1, -0.05) is 26.7 Å². The van der Waals surface area contributed by atoms with Gasteiger partial charge in [0.2, 0.25) is 0 Å². The summed E-state index contributed by atoms with van der Waals surface area (Å²) in [6.45, 7) is 7.07. The minimum atomic E-state index is 0.291. The molecule has 12 heavy (non-hydrogen) atoms. The van der Waals surface area contributed by atoms with E-state index in [1.165, 1.54) is 12.8 Å². The number of rotatable bonds is 7. The second-order valence-corrected chi connectivity index (χ2v) is 3.21. The van der Waals surface area contributed by atoms with E-state index in [-0.39, 0.29) is 0 Å². The lowest BCUT2D eigenvalue weighted by Crippen LogP contribution is -2.27. The monoisotopic (exact) mass is 172 g/mol. The molecule has 0 spiro atoms. The molecule has 0 aromatic heterocycles. The van der Waals surface area contributed by atoms with Crippen LogP contribution in [0.3, 0.4) is 0 Å². The van der Waals surface area contributed by atoms with E-state index in [9.17, 15) is 4.91 Å². The van der Waals surface area contributed by atoms with Crippen molar-refractivity contribution in [1.29, 1.82) is 0 Å². The number of nitroso groups, excluding NO2 is 1. The van der Waals surface area contributed by atoms with Crippen LogP contribution in [0.15, 0.2) is 5.29 Å². The molecular weight excluding hydrogens is 152 g/mol. The molecule has 0 fully saturated rings. The second kappa shape index (κ2) is 7.07. The van der Waals surface area contributed by atoms with E-state index < -0.39 is 0 Å².